The van der Waals surface area contributed by atoms with Crippen LogP contribution in [0.1, 0.15) is 36.4 Å². The molecule has 0 aliphatic rings. The van der Waals surface area contributed by atoms with E-state index in [-0.39, 0.29) is 11.8 Å². The molecule has 2 rings (SSSR count). The maximum atomic E-state index is 10.8. The second-order valence-corrected chi connectivity index (χ2v) is 6.48. The number of carbonyl (C=O) groups is 1. The topological polar surface area (TPSA) is 55.1 Å². The number of thioether (sulfide) groups is 1. The Labute approximate surface area is 126 Å². The first-order valence-electron chi connectivity index (χ1n) is 6.55. The van der Waals surface area contributed by atoms with Gasteiger partial charge < -0.3 is 9.67 Å². The van der Waals surface area contributed by atoms with Gasteiger partial charge in [-0.2, -0.15) is 0 Å². The lowest BCUT2D eigenvalue weighted by Gasteiger charge is -2.20. The largest absolute Gasteiger partial charge is 0.481 e. The molecule has 0 amide bonds. The maximum absolute atomic E-state index is 10.8. The van der Waals surface area contributed by atoms with Gasteiger partial charge >= 0.3 is 5.97 Å². The monoisotopic (exact) mass is 310 g/mol. The van der Waals surface area contributed by atoms with Gasteiger partial charge in [-0.25, -0.2) is 4.98 Å². The van der Waals surface area contributed by atoms with E-state index in [2.05, 4.69) is 34.0 Å². The van der Waals surface area contributed by atoms with Crippen LogP contribution in [-0.2, 0) is 4.79 Å². The summed E-state index contributed by atoms with van der Waals surface area (Å²) in [6.07, 6.45) is 3.92. The van der Waals surface area contributed by atoms with Crippen LogP contribution in [0.2, 0.25) is 0 Å². The number of carboxylic acids is 1. The number of imidazole rings is 1. The van der Waals surface area contributed by atoms with Crippen molar-refractivity contribution in [3.8, 4) is 0 Å². The molecule has 6 heteroatoms. The van der Waals surface area contributed by atoms with Crippen molar-refractivity contribution < 1.29 is 9.90 Å². The minimum Gasteiger partial charge on any atom is -0.481 e. The van der Waals surface area contributed by atoms with Crippen LogP contribution in [0.5, 0.6) is 0 Å². The zero-order valence-corrected chi connectivity index (χ0v) is 13.2. The summed E-state index contributed by atoms with van der Waals surface area (Å²) in [7, 11) is 0. The molecule has 2 aromatic heterocycles. The smallest absolute Gasteiger partial charge is 0.313 e. The van der Waals surface area contributed by atoms with Crippen molar-refractivity contribution in [1.29, 1.82) is 0 Å². The number of aromatic nitrogens is 2. The quantitative estimate of drug-likeness (QED) is 0.790. The van der Waals surface area contributed by atoms with E-state index >= 15 is 0 Å². The molecule has 2 heterocycles. The van der Waals surface area contributed by atoms with Crippen molar-refractivity contribution >= 4 is 29.1 Å². The van der Waals surface area contributed by atoms with Crippen LogP contribution in [0.4, 0.5) is 0 Å². The second-order valence-electron chi connectivity index (χ2n) is 4.55. The van der Waals surface area contributed by atoms with Crippen LogP contribution in [-0.4, -0.2) is 26.4 Å². The molecule has 1 unspecified atom stereocenters. The Balaban J connectivity index is 2.32. The molecular formula is C14H18N2O2S2. The molecule has 0 fully saturated rings. The summed E-state index contributed by atoms with van der Waals surface area (Å²) in [4.78, 5) is 16.4. The average Bonchev–Trinajstić information content (AvgIpc) is 3.04. The fourth-order valence-electron chi connectivity index (χ4n) is 2.19. The first-order chi connectivity index (χ1) is 9.63. The Morgan fingerprint density at radius 3 is 3.00 bits per heavy atom. The number of thiophene rings is 1. The Kier molecular flexibility index (Phi) is 5.25. The number of rotatable bonds is 7. The van der Waals surface area contributed by atoms with Crippen LogP contribution < -0.4 is 0 Å². The van der Waals surface area contributed by atoms with Gasteiger partial charge in [0.2, 0.25) is 0 Å². The Bertz CT molecular complexity index is 564. The summed E-state index contributed by atoms with van der Waals surface area (Å²) in [6, 6.07) is 4.44. The normalized spacial score (nSPS) is 12.5. The molecule has 0 aliphatic heterocycles. The van der Waals surface area contributed by atoms with Gasteiger partial charge in [0.05, 0.1) is 11.8 Å². The van der Waals surface area contributed by atoms with E-state index in [0.29, 0.717) is 0 Å². The fraction of sp³-hybridized carbons (Fsp3) is 0.429. The van der Waals surface area contributed by atoms with E-state index < -0.39 is 5.97 Å². The fourth-order valence-corrected chi connectivity index (χ4v) is 3.83. The van der Waals surface area contributed by atoms with Crippen LogP contribution in [0.3, 0.4) is 0 Å². The summed E-state index contributed by atoms with van der Waals surface area (Å²) in [5, 5.41) is 11.7. The van der Waals surface area contributed by atoms with Crippen LogP contribution in [0, 0.1) is 6.92 Å². The Hall–Kier alpha value is -1.27. The zero-order chi connectivity index (χ0) is 14.5. The highest BCUT2D eigenvalue weighted by atomic mass is 32.2. The Morgan fingerprint density at radius 2 is 2.40 bits per heavy atom. The molecule has 108 valence electrons. The first kappa shape index (κ1) is 15.1. The summed E-state index contributed by atoms with van der Waals surface area (Å²) >= 11 is 3.02. The second kappa shape index (κ2) is 6.95. The molecule has 0 aromatic carbocycles. The van der Waals surface area contributed by atoms with Crippen molar-refractivity contribution in [2.75, 3.05) is 5.75 Å². The number of aliphatic carboxylic acids is 1. The van der Waals surface area contributed by atoms with Crippen molar-refractivity contribution in [2.45, 2.75) is 37.9 Å². The van der Waals surface area contributed by atoms with Gasteiger partial charge in [-0.1, -0.05) is 31.2 Å². The third kappa shape index (κ3) is 3.43. The van der Waals surface area contributed by atoms with E-state index in [1.54, 1.807) is 11.3 Å². The number of aryl methyl sites for hydroxylation is 1. The zero-order valence-electron chi connectivity index (χ0n) is 11.6. The van der Waals surface area contributed by atoms with Gasteiger partial charge in [0.15, 0.2) is 5.16 Å². The van der Waals surface area contributed by atoms with Crippen molar-refractivity contribution in [1.82, 2.24) is 9.55 Å². The number of nitrogens with zero attached hydrogens (tertiary/aromatic N) is 2. The number of carboxylic acid groups (broad SMARTS) is 1. The Morgan fingerprint density at radius 1 is 1.60 bits per heavy atom. The average molecular weight is 310 g/mol. The van der Waals surface area contributed by atoms with Crippen LogP contribution in [0.15, 0.2) is 28.9 Å². The molecule has 1 atom stereocenters. The number of hydrogen-bond acceptors (Lipinski definition) is 4. The van der Waals surface area contributed by atoms with Crippen molar-refractivity contribution in [2.24, 2.45) is 0 Å². The lowest BCUT2D eigenvalue weighted by molar-refractivity contribution is -0.133. The van der Waals surface area contributed by atoms with Gasteiger partial charge in [-0.3, -0.25) is 4.79 Å². The van der Waals surface area contributed by atoms with E-state index in [1.165, 1.54) is 16.6 Å². The molecule has 0 bridgehead atoms. The van der Waals surface area contributed by atoms with E-state index in [4.69, 9.17) is 5.11 Å². The molecule has 0 spiro atoms. The maximum Gasteiger partial charge on any atom is 0.313 e. The predicted octanol–water partition coefficient (Wildman–Crippen LogP) is 3.82. The highest BCUT2D eigenvalue weighted by Gasteiger charge is 2.20. The third-order valence-electron chi connectivity index (χ3n) is 3.02. The van der Waals surface area contributed by atoms with Gasteiger partial charge in [0.1, 0.15) is 0 Å². The predicted molar refractivity (Wildman–Crippen MR) is 82.7 cm³/mol. The summed E-state index contributed by atoms with van der Waals surface area (Å²) < 4.78 is 2.17. The van der Waals surface area contributed by atoms with Crippen LogP contribution in [0.25, 0.3) is 0 Å². The lowest BCUT2D eigenvalue weighted by atomic mass is 10.1. The first-order valence-corrected chi connectivity index (χ1v) is 8.41. The molecule has 0 saturated carbocycles. The molecular weight excluding hydrogens is 292 g/mol. The van der Waals surface area contributed by atoms with E-state index in [9.17, 15) is 4.79 Å². The minimum atomic E-state index is -0.814. The summed E-state index contributed by atoms with van der Waals surface area (Å²) in [5.74, 6) is -0.773. The van der Waals surface area contributed by atoms with Crippen molar-refractivity contribution in [3.63, 3.8) is 0 Å². The van der Waals surface area contributed by atoms with E-state index in [1.807, 2.05) is 13.1 Å². The molecule has 0 radical (unpaired) electrons. The molecule has 2 aromatic rings. The lowest BCUT2D eigenvalue weighted by Crippen LogP contribution is -2.13. The summed E-state index contributed by atoms with van der Waals surface area (Å²) in [6.45, 7) is 4.19. The SMILES string of the molecule is CCCC(c1cccs1)n1c(C)cnc1SCC(=O)O. The minimum absolute atomic E-state index is 0.0414. The van der Waals surface area contributed by atoms with Gasteiger partial charge in [-0.15, -0.1) is 11.3 Å². The standard InChI is InChI=1S/C14H18N2O2S2/c1-3-5-11(12-6-4-7-19-12)16-10(2)8-15-14(16)20-9-13(17)18/h4,6-8,11H,3,5,9H2,1-2H3,(H,17,18). The van der Waals surface area contributed by atoms with Crippen LogP contribution >= 0.6 is 23.1 Å². The van der Waals surface area contributed by atoms with Gasteiger partial charge in [-0.05, 0) is 24.8 Å². The van der Waals surface area contributed by atoms with Crippen molar-refractivity contribution in [3.05, 3.63) is 34.3 Å². The molecule has 1 N–H and O–H groups in total. The molecule has 0 saturated heterocycles. The number of hydrogen-bond donors (Lipinski definition) is 1. The van der Waals surface area contributed by atoms with Gasteiger partial charge in [0, 0.05) is 16.8 Å². The highest BCUT2D eigenvalue weighted by Crippen LogP contribution is 2.32. The summed E-state index contributed by atoms with van der Waals surface area (Å²) in [5.41, 5.74) is 1.07. The highest BCUT2D eigenvalue weighted by molar-refractivity contribution is 7.99. The van der Waals surface area contributed by atoms with E-state index in [0.717, 1.165) is 23.7 Å². The molecule has 0 aliphatic carbocycles. The molecule has 20 heavy (non-hydrogen) atoms. The third-order valence-corrected chi connectivity index (χ3v) is 4.94. The van der Waals surface area contributed by atoms with Gasteiger partial charge in [0.25, 0.3) is 0 Å². The molecule has 4 nitrogen and oxygen atoms in total.